The Kier molecular flexibility index (Phi) is 4.25. The topological polar surface area (TPSA) is 102 Å². The van der Waals surface area contributed by atoms with E-state index in [4.69, 9.17) is 0 Å². The van der Waals surface area contributed by atoms with E-state index in [-0.39, 0.29) is 11.6 Å². The van der Waals surface area contributed by atoms with Crippen molar-refractivity contribution >= 4 is 23.5 Å². The van der Waals surface area contributed by atoms with Crippen LogP contribution in [0.4, 0.5) is 5.69 Å². The van der Waals surface area contributed by atoms with E-state index < -0.39 is 4.92 Å². The highest BCUT2D eigenvalue weighted by atomic mass is 16.6. The van der Waals surface area contributed by atoms with E-state index in [1.54, 1.807) is 29.7 Å². The molecule has 0 spiro atoms. The zero-order chi connectivity index (χ0) is 18.0. The van der Waals surface area contributed by atoms with Crippen molar-refractivity contribution in [3.63, 3.8) is 0 Å². The summed E-state index contributed by atoms with van der Waals surface area (Å²) in [5.74, 6) is -0.382. The van der Waals surface area contributed by atoms with Gasteiger partial charge in [-0.1, -0.05) is 0 Å². The number of nitro groups is 1. The van der Waals surface area contributed by atoms with Gasteiger partial charge in [0.1, 0.15) is 11.3 Å². The number of benzene rings is 1. The zero-order valence-corrected chi connectivity index (χ0v) is 13.6. The number of nitrogens with zero attached hydrogens (tertiary/aromatic N) is 4. The molecule has 0 fully saturated rings. The third kappa shape index (κ3) is 3.37. The molecule has 0 aliphatic rings. The molecule has 8 nitrogen and oxygen atoms in total. The van der Waals surface area contributed by atoms with Crippen LogP contribution in [0, 0.1) is 24.0 Å². The van der Waals surface area contributed by atoms with E-state index in [9.17, 15) is 14.9 Å². The van der Waals surface area contributed by atoms with Crippen LogP contribution in [0.3, 0.4) is 0 Å². The number of rotatable bonds is 4. The Balaban J connectivity index is 1.76. The molecular formula is C17H15N5O3. The quantitative estimate of drug-likeness (QED) is 0.449. The maximum Gasteiger partial charge on any atom is 0.290 e. The van der Waals surface area contributed by atoms with Crippen LogP contribution in [0.25, 0.3) is 5.65 Å². The molecule has 3 rings (SSSR count). The summed E-state index contributed by atoms with van der Waals surface area (Å²) in [7, 11) is 0. The number of aryl methyl sites for hydroxylation is 2. The summed E-state index contributed by atoms with van der Waals surface area (Å²) in [5, 5.41) is 14.5. The summed E-state index contributed by atoms with van der Waals surface area (Å²) >= 11 is 0. The first-order valence-electron chi connectivity index (χ1n) is 7.49. The van der Waals surface area contributed by atoms with Gasteiger partial charge in [-0.3, -0.25) is 19.3 Å². The number of nitro benzene ring substituents is 1. The fraction of sp³-hybridized carbons (Fsp3) is 0.118. The smallest absolute Gasteiger partial charge is 0.290 e. The molecule has 0 unspecified atom stereocenters. The Labute approximate surface area is 143 Å². The van der Waals surface area contributed by atoms with E-state index in [2.05, 4.69) is 15.5 Å². The molecule has 3 aromatic rings. The van der Waals surface area contributed by atoms with E-state index in [1.165, 1.54) is 18.3 Å². The zero-order valence-electron chi connectivity index (χ0n) is 13.6. The lowest BCUT2D eigenvalue weighted by molar-refractivity contribution is -0.384. The van der Waals surface area contributed by atoms with Crippen LogP contribution in [0.5, 0.6) is 0 Å². The SMILES string of the molecule is Cc1ccn2c(C(=O)N/N=C\c3ccc([N+](=O)[O-])cc3)c(C)nc2c1. The molecule has 126 valence electrons. The van der Waals surface area contributed by atoms with Gasteiger partial charge in [0, 0.05) is 18.3 Å². The molecule has 0 radical (unpaired) electrons. The minimum absolute atomic E-state index is 0.00201. The number of hydrazone groups is 1. The number of carbonyl (C=O) groups is 1. The van der Waals surface area contributed by atoms with Crippen molar-refractivity contribution < 1.29 is 9.72 Å². The van der Waals surface area contributed by atoms with E-state index in [0.717, 1.165) is 5.56 Å². The van der Waals surface area contributed by atoms with Crippen LogP contribution < -0.4 is 5.43 Å². The molecule has 1 aromatic carbocycles. The van der Waals surface area contributed by atoms with Crippen molar-refractivity contribution in [2.75, 3.05) is 0 Å². The molecule has 0 saturated carbocycles. The molecule has 8 heteroatoms. The van der Waals surface area contributed by atoms with E-state index >= 15 is 0 Å². The predicted molar refractivity (Wildman–Crippen MR) is 92.8 cm³/mol. The minimum atomic E-state index is -0.474. The maximum absolute atomic E-state index is 12.4. The number of non-ortho nitro benzene ring substituents is 1. The lowest BCUT2D eigenvalue weighted by Crippen LogP contribution is -2.20. The van der Waals surface area contributed by atoms with Gasteiger partial charge in [0.15, 0.2) is 0 Å². The number of aromatic nitrogens is 2. The summed E-state index contributed by atoms with van der Waals surface area (Å²) in [6.45, 7) is 3.72. The van der Waals surface area contributed by atoms with Crippen LogP contribution in [0.2, 0.25) is 0 Å². The molecule has 0 atom stereocenters. The molecule has 0 bridgehead atoms. The first-order chi connectivity index (χ1) is 12.0. The first kappa shape index (κ1) is 16.3. The molecule has 25 heavy (non-hydrogen) atoms. The summed E-state index contributed by atoms with van der Waals surface area (Å²) in [6, 6.07) is 9.64. The summed E-state index contributed by atoms with van der Waals surface area (Å²) in [6.07, 6.45) is 3.21. The number of amides is 1. The molecule has 1 N–H and O–H groups in total. The van der Waals surface area contributed by atoms with Crippen molar-refractivity contribution in [3.05, 3.63) is 75.2 Å². The molecule has 1 amide bonds. The van der Waals surface area contributed by atoms with E-state index in [0.29, 0.717) is 22.6 Å². The summed E-state index contributed by atoms with van der Waals surface area (Å²) in [4.78, 5) is 26.9. The van der Waals surface area contributed by atoms with Gasteiger partial charge in [-0.15, -0.1) is 0 Å². The van der Waals surface area contributed by atoms with Crippen molar-refractivity contribution in [1.82, 2.24) is 14.8 Å². The number of hydrogen-bond donors (Lipinski definition) is 1. The molecule has 2 heterocycles. The second kappa shape index (κ2) is 6.52. The Bertz CT molecular complexity index is 989. The molecule has 0 aliphatic heterocycles. The molecule has 2 aromatic heterocycles. The van der Waals surface area contributed by atoms with Gasteiger partial charge >= 0.3 is 0 Å². The Morgan fingerprint density at radius 2 is 2.00 bits per heavy atom. The molecule has 0 aliphatic carbocycles. The fourth-order valence-electron chi connectivity index (χ4n) is 2.44. The number of hydrogen-bond acceptors (Lipinski definition) is 5. The highest BCUT2D eigenvalue weighted by molar-refractivity contribution is 5.95. The van der Waals surface area contributed by atoms with Crippen LogP contribution in [0.15, 0.2) is 47.7 Å². The third-order valence-electron chi connectivity index (χ3n) is 3.65. The Morgan fingerprint density at radius 1 is 1.28 bits per heavy atom. The van der Waals surface area contributed by atoms with Gasteiger partial charge < -0.3 is 0 Å². The largest absolute Gasteiger partial charge is 0.295 e. The Morgan fingerprint density at radius 3 is 2.68 bits per heavy atom. The number of carbonyl (C=O) groups excluding carboxylic acids is 1. The van der Waals surface area contributed by atoms with Crippen LogP contribution >= 0.6 is 0 Å². The second-order valence-corrected chi connectivity index (χ2v) is 5.53. The van der Waals surface area contributed by atoms with Gasteiger partial charge in [-0.2, -0.15) is 5.10 Å². The van der Waals surface area contributed by atoms with Crippen molar-refractivity contribution in [3.8, 4) is 0 Å². The number of fused-ring (bicyclic) bond motifs is 1. The highest BCUT2D eigenvalue weighted by Gasteiger charge is 2.16. The highest BCUT2D eigenvalue weighted by Crippen LogP contribution is 2.14. The van der Waals surface area contributed by atoms with Crippen LogP contribution in [-0.2, 0) is 0 Å². The first-order valence-corrected chi connectivity index (χ1v) is 7.49. The monoisotopic (exact) mass is 337 g/mol. The van der Waals surface area contributed by atoms with Gasteiger partial charge in [-0.05, 0) is 49.2 Å². The normalized spacial score (nSPS) is 11.1. The van der Waals surface area contributed by atoms with Gasteiger partial charge in [0.25, 0.3) is 11.6 Å². The van der Waals surface area contributed by atoms with Crippen molar-refractivity contribution in [2.45, 2.75) is 13.8 Å². The van der Waals surface area contributed by atoms with Crippen LogP contribution in [-0.4, -0.2) is 26.4 Å². The van der Waals surface area contributed by atoms with Crippen molar-refractivity contribution in [1.29, 1.82) is 0 Å². The third-order valence-corrected chi connectivity index (χ3v) is 3.65. The van der Waals surface area contributed by atoms with Gasteiger partial charge in [0.05, 0.1) is 16.8 Å². The van der Waals surface area contributed by atoms with Gasteiger partial charge in [-0.25, -0.2) is 10.4 Å². The average molecular weight is 337 g/mol. The van der Waals surface area contributed by atoms with Crippen LogP contribution in [0.1, 0.15) is 27.3 Å². The van der Waals surface area contributed by atoms with E-state index in [1.807, 2.05) is 19.1 Å². The number of nitrogens with one attached hydrogen (secondary N) is 1. The second-order valence-electron chi connectivity index (χ2n) is 5.53. The number of imidazole rings is 1. The lowest BCUT2D eigenvalue weighted by atomic mass is 10.2. The minimum Gasteiger partial charge on any atom is -0.295 e. The fourth-order valence-corrected chi connectivity index (χ4v) is 2.44. The molecular weight excluding hydrogens is 322 g/mol. The standard InChI is InChI=1S/C17H15N5O3/c1-11-7-8-21-15(9-11)19-12(2)16(21)17(23)20-18-10-13-3-5-14(6-4-13)22(24)25/h3-10H,1-2H3,(H,20,23)/b18-10-. The van der Waals surface area contributed by atoms with Gasteiger partial charge in [0.2, 0.25) is 0 Å². The number of pyridine rings is 1. The lowest BCUT2D eigenvalue weighted by Gasteiger charge is -2.02. The molecule has 0 saturated heterocycles. The summed E-state index contributed by atoms with van der Waals surface area (Å²) in [5.41, 5.74) is 5.86. The van der Waals surface area contributed by atoms with Crippen molar-refractivity contribution in [2.24, 2.45) is 5.10 Å². The predicted octanol–water partition coefficient (Wildman–Crippen LogP) is 2.62. The maximum atomic E-state index is 12.4. The Hall–Kier alpha value is -3.55. The average Bonchev–Trinajstić information content (AvgIpc) is 2.90. The summed E-state index contributed by atoms with van der Waals surface area (Å²) < 4.78 is 1.71.